The van der Waals surface area contributed by atoms with Crippen molar-refractivity contribution in [2.24, 2.45) is 0 Å². The lowest BCUT2D eigenvalue weighted by Crippen LogP contribution is -2.15. The first kappa shape index (κ1) is 18.7. The summed E-state index contributed by atoms with van der Waals surface area (Å²) in [6.45, 7) is 2.19. The van der Waals surface area contributed by atoms with Gasteiger partial charge in [-0.2, -0.15) is 0 Å². The first-order chi connectivity index (χ1) is 10.9. The topological polar surface area (TPSA) is 130 Å². The molecule has 1 aromatic rings. The normalized spacial score (nSPS) is 11.7. The van der Waals surface area contributed by atoms with E-state index in [9.17, 15) is 29.2 Å². The molecule has 0 aliphatic carbocycles. The van der Waals surface area contributed by atoms with Crippen molar-refractivity contribution in [3.8, 4) is 0 Å². The minimum atomic E-state index is -2.01. The first-order valence-electron chi connectivity index (χ1n) is 6.83. The number of rotatable bonds is 9. The summed E-state index contributed by atoms with van der Waals surface area (Å²) in [6.07, 6.45) is 2.54. The molecule has 10 heteroatoms. The van der Waals surface area contributed by atoms with Crippen molar-refractivity contribution in [1.29, 1.82) is 0 Å². The zero-order chi connectivity index (χ0) is 17.4. The summed E-state index contributed by atoms with van der Waals surface area (Å²) in [7, 11) is -2.01. The highest BCUT2D eigenvalue weighted by Crippen LogP contribution is 2.27. The van der Waals surface area contributed by atoms with E-state index in [2.05, 4.69) is 0 Å². The second-order valence-electron chi connectivity index (χ2n) is 4.58. The van der Waals surface area contributed by atoms with Crippen molar-refractivity contribution in [3.05, 3.63) is 38.4 Å². The van der Waals surface area contributed by atoms with Crippen LogP contribution in [0, 0.1) is 20.2 Å². The van der Waals surface area contributed by atoms with Crippen molar-refractivity contribution in [2.45, 2.75) is 31.1 Å². The number of non-ortho nitro benzene ring substituents is 1. The highest BCUT2D eigenvalue weighted by molar-refractivity contribution is 7.85. The smallest absolute Gasteiger partial charge is 0.318 e. The molecule has 126 valence electrons. The molecule has 0 radical (unpaired) electrons. The van der Waals surface area contributed by atoms with Gasteiger partial charge in [-0.1, -0.05) is 19.8 Å². The number of ether oxygens (including phenoxy) is 1. The third-order valence-electron chi connectivity index (χ3n) is 2.86. The minimum Gasteiger partial charge on any atom is -0.465 e. The molecule has 23 heavy (non-hydrogen) atoms. The fraction of sp³-hybridized carbons (Fsp3) is 0.462. The van der Waals surface area contributed by atoms with Gasteiger partial charge < -0.3 is 4.74 Å². The van der Waals surface area contributed by atoms with E-state index in [0.717, 1.165) is 31.0 Å². The quantitative estimate of drug-likeness (QED) is 0.291. The Morgan fingerprint density at radius 3 is 2.48 bits per heavy atom. The summed E-state index contributed by atoms with van der Waals surface area (Å²) in [5.74, 6) is -1.27. The van der Waals surface area contributed by atoms with Gasteiger partial charge in [0.2, 0.25) is 0 Å². The molecule has 0 aliphatic rings. The van der Waals surface area contributed by atoms with Crippen LogP contribution in [0.25, 0.3) is 0 Å². The number of benzene rings is 1. The second-order valence-corrected chi connectivity index (χ2v) is 6.00. The number of nitrogens with zero attached hydrogens (tertiary/aromatic N) is 2. The molecule has 1 atom stereocenters. The molecule has 0 aromatic heterocycles. The molecule has 0 bridgehead atoms. The molecule has 0 aliphatic heterocycles. The number of carbonyl (C=O) groups excluding carboxylic acids is 1. The fourth-order valence-corrected chi connectivity index (χ4v) is 2.76. The largest absolute Gasteiger partial charge is 0.465 e. The van der Waals surface area contributed by atoms with Gasteiger partial charge in [-0.3, -0.25) is 29.2 Å². The maximum absolute atomic E-state index is 12.1. The average Bonchev–Trinajstić information content (AvgIpc) is 2.50. The zero-order valence-corrected chi connectivity index (χ0v) is 13.2. The SMILES string of the molecule is CCCCCOC(=O)CS(=O)c1ccc([N+](=O)[O-])cc1[N+](=O)[O-]. The molecule has 9 nitrogen and oxygen atoms in total. The van der Waals surface area contributed by atoms with Crippen LogP contribution in [0.4, 0.5) is 11.4 Å². The van der Waals surface area contributed by atoms with Crippen LogP contribution in [-0.4, -0.2) is 32.4 Å². The lowest BCUT2D eigenvalue weighted by molar-refractivity contribution is -0.396. The van der Waals surface area contributed by atoms with Crippen LogP contribution in [-0.2, 0) is 20.3 Å². The zero-order valence-electron chi connectivity index (χ0n) is 12.4. The second kappa shape index (κ2) is 8.93. The number of nitro benzene ring substituents is 2. The van der Waals surface area contributed by atoms with E-state index in [4.69, 9.17) is 4.74 Å². The molecule has 0 N–H and O–H groups in total. The van der Waals surface area contributed by atoms with Gasteiger partial charge in [0.1, 0.15) is 10.6 Å². The molecule has 0 heterocycles. The van der Waals surface area contributed by atoms with Crippen LogP contribution >= 0.6 is 0 Å². The summed E-state index contributed by atoms with van der Waals surface area (Å²) in [4.78, 5) is 31.3. The maximum atomic E-state index is 12.1. The molecule has 0 spiro atoms. The summed E-state index contributed by atoms with van der Waals surface area (Å²) in [5, 5.41) is 21.6. The standard InChI is InChI=1S/C13H16N2O7S/c1-2-3-4-7-22-13(16)9-23(21)12-6-5-10(14(17)18)8-11(12)15(19)20/h5-6,8H,2-4,7,9H2,1H3. The number of esters is 1. The van der Waals surface area contributed by atoms with Crippen molar-refractivity contribution in [3.63, 3.8) is 0 Å². The number of carbonyl (C=O) groups is 1. The highest BCUT2D eigenvalue weighted by atomic mass is 32.2. The summed E-state index contributed by atoms with van der Waals surface area (Å²) >= 11 is 0. The summed E-state index contributed by atoms with van der Waals surface area (Å²) in [6, 6.07) is 2.75. The molecule has 0 saturated carbocycles. The van der Waals surface area contributed by atoms with Gasteiger partial charge in [0, 0.05) is 6.07 Å². The Labute approximate surface area is 134 Å². The van der Waals surface area contributed by atoms with Crippen LogP contribution in [0.15, 0.2) is 23.1 Å². The Balaban J connectivity index is 2.81. The van der Waals surface area contributed by atoms with Crippen LogP contribution in [0.1, 0.15) is 26.2 Å². The highest BCUT2D eigenvalue weighted by Gasteiger charge is 2.24. The predicted molar refractivity (Wildman–Crippen MR) is 81.5 cm³/mol. The van der Waals surface area contributed by atoms with Crippen LogP contribution in [0.2, 0.25) is 0 Å². The van der Waals surface area contributed by atoms with Gasteiger partial charge in [0.05, 0.1) is 33.3 Å². The Bertz CT molecular complexity index is 633. The summed E-state index contributed by atoms with van der Waals surface area (Å²) in [5.41, 5.74) is -1.14. The van der Waals surface area contributed by atoms with E-state index >= 15 is 0 Å². The Hall–Kier alpha value is -2.36. The molecular weight excluding hydrogens is 328 g/mol. The Morgan fingerprint density at radius 2 is 1.91 bits per heavy atom. The molecule has 0 saturated heterocycles. The summed E-state index contributed by atoms with van der Waals surface area (Å²) < 4.78 is 17.0. The van der Waals surface area contributed by atoms with Crippen molar-refractivity contribution >= 4 is 28.1 Å². The number of unbranched alkanes of at least 4 members (excludes halogenated alkanes) is 2. The van der Waals surface area contributed by atoms with E-state index in [1.54, 1.807) is 0 Å². The molecule has 0 fully saturated rings. The Morgan fingerprint density at radius 1 is 1.22 bits per heavy atom. The maximum Gasteiger partial charge on any atom is 0.318 e. The van der Waals surface area contributed by atoms with Crippen LogP contribution in [0.3, 0.4) is 0 Å². The third kappa shape index (κ3) is 5.74. The van der Waals surface area contributed by atoms with E-state index in [-0.39, 0.29) is 11.5 Å². The van der Waals surface area contributed by atoms with Crippen LogP contribution < -0.4 is 0 Å². The van der Waals surface area contributed by atoms with Gasteiger partial charge in [-0.25, -0.2) is 0 Å². The van der Waals surface area contributed by atoms with Gasteiger partial charge in [-0.15, -0.1) is 0 Å². The average molecular weight is 344 g/mol. The first-order valence-corrected chi connectivity index (χ1v) is 8.15. The van der Waals surface area contributed by atoms with Gasteiger partial charge in [-0.05, 0) is 12.5 Å². The number of hydrogen-bond donors (Lipinski definition) is 0. The van der Waals surface area contributed by atoms with Crippen LogP contribution in [0.5, 0.6) is 0 Å². The van der Waals surface area contributed by atoms with E-state index < -0.39 is 43.7 Å². The van der Waals surface area contributed by atoms with Crippen molar-refractivity contribution < 1.29 is 23.6 Å². The van der Waals surface area contributed by atoms with Crippen molar-refractivity contribution in [1.82, 2.24) is 0 Å². The third-order valence-corrected chi connectivity index (χ3v) is 4.19. The Kier molecular flexibility index (Phi) is 7.26. The molecule has 1 unspecified atom stereocenters. The van der Waals surface area contributed by atoms with E-state index in [0.29, 0.717) is 6.42 Å². The number of hydrogen-bond acceptors (Lipinski definition) is 7. The minimum absolute atomic E-state index is 0.201. The van der Waals surface area contributed by atoms with E-state index in [1.165, 1.54) is 0 Å². The van der Waals surface area contributed by atoms with E-state index in [1.807, 2.05) is 6.92 Å². The van der Waals surface area contributed by atoms with Crippen molar-refractivity contribution in [2.75, 3.05) is 12.4 Å². The molecule has 1 aromatic carbocycles. The number of nitro groups is 2. The molecule has 1 rings (SSSR count). The predicted octanol–water partition coefficient (Wildman–Crippen LogP) is 2.34. The molecular formula is C13H16N2O7S. The molecule has 0 amide bonds. The monoisotopic (exact) mass is 344 g/mol. The fourth-order valence-electron chi connectivity index (χ4n) is 1.72. The lowest BCUT2D eigenvalue weighted by Gasteiger charge is -2.05. The van der Waals surface area contributed by atoms with Gasteiger partial charge >= 0.3 is 5.97 Å². The van der Waals surface area contributed by atoms with Gasteiger partial charge in [0.15, 0.2) is 0 Å². The lowest BCUT2D eigenvalue weighted by atomic mass is 10.3. The van der Waals surface area contributed by atoms with Gasteiger partial charge in [0.25, 0.3) is 11.4 Å².